The first-order valence-electron chi connectivity index (χ1n) is 6.96. The molecule has 0 amide bonds. The zero-order valence-electron chi connectivity index (χ0n) is 12.0. The van der Waals surface area contributed by atoms with E-state index in [1.807, 2.05) is 6.07 Å². The van der Waals surface area contributed by atoms with Crippen molar-refractivity contribution in [2.24, 2.45) is 0 Å². The van der Waals surface area contributed by atoms with Crippen LogP contribution in [0.3, 0.4) is 0 Å². The zero-order chi connectivity index (χ0) is 13.9. The molecule has 0 bridgehead atoms. The summed E-state index contributed by atoms with van der Waals surface area (Å²) < 4.78 is 0. The van der Waals surface area contributed by atoms with Crippen LogP contribution in [0.5, 0.6) is 0 Å². The summed E-state index contributed by atoms with van der Waals surface area (Å²) in [6.07, 6.45) is 3.36. The van der Waals surface area contributed by atoms with Gasteiger partial charge in [0.1, 0.15) is 6.33 Å². The lowest BCUT2D eigenvalue weighted by molar-refractivity contribution is 0.0574. The van der Waals surface area contributed by atoms with E-state index in [0.717, 1.165) is 23.8 Å². The third-order valence-corrected chi connectivity index (χ3v) is 3.91. The Kier molecular flexibility index (Phi) is 3.76. The molecule has 1 saturated heterocycles. The largest absolute Gasteiger partial charge is 0.304 e. The maximum absolute atomic E-state index is 4.27. The Labute approximate surface area is 120 Å². The highest BCUT2D eigenvalue weighted by Crippen LogP contribution is 2.19. The molecule has 2 aromatic rings. The van der Waals surface area contributed by atoms with Gasteiger partial charge in [-0.1, -0.05) is 24.3 Å². The summed E-state index contributed by atoms with van der Waals surface area (Å²) >= 11 is 0. The highest BCUT2D eigenvalue weighted by atomic mass is 15.3. The van der Waals surface area contributed by atoms with E-state index < -0.39 is 0 Å². The van der Waals surface area contributed by atoms with Gasteiger partial charge in [-0.05, 0) is 25.7 Å². The molecule has 1 fully saturated rings. The monoisotopic (exact) mass is 268 g/mol. The molecule has 4 nitrogen and oxygen atoms in total. The molecule has 1 aromatic carbocycles. The first-order chi connectivity index (χ1) is 9.72. The van der Waals surface area contributed by atoms with E-state index in [0.29, 0.717) is 0 Å². The molecule has 0 aliphatic carbocycles. The minimum Gasteiger partial charge on any atom is -0.304 e. The van der Waals surface area contributed by atoms with Crippen molar-refractivity contribution in [3.8, 4) is 11.3 Å². The highest BCUT2D eigenvalue weighted by molar-refractivity contribution is 5.58. The quantitative estimate of drug-likeness (QED) is 0.847. The number of benzene rings is 1. The fourth-order valence-electron chi connectivity index (χ4n) is 2.50. The van der Waals surface area contributed by atoms with E-state index >= 15 is 0 Å². The SMILES string of the molecule is CN(C)C1CN(Cc2ccc(-c3ccncn3)cc2)C1. The Morgan fingerprint density at radius 3 is 2.50 bits per heavy atom. The van der Waals surface area contributed by atoms with Gasteiger partial charge in [0.25, 0.3) is 0 Å². The summed E-state index contributed by atoms with van der Waals surface area (Å²) in [5, 5.41) is 0. The smallest absolute Gasteiger partial charge is 0.116 e. The van der Waals surface area contributed by atoms with Crippen LogP contribution in [0.2, 0.25) is 0 Å². The summed E-state index contributed by atoms with van der Waals surface area (Å²) in [6.45, 7) is 3.37. The van der Waals surface area contributed by atoms with E-state index in [1.165, 1.54) is 18.7 Å². The molecule has 20 heavy (non-hydrogen) atoms. The number of hydrogen-bond acceptors (Lipinski definition) is 4. The first kappa shape index (κ1) is 13.2. The van der Waals surface area contributed by atoms with Gasteiger partial charge in [0, 0.05) is 37.4 Å². The van der Waals surface area contributed by atoms with Gasteiger partial charge in [-0.3, -0.25) is 4.90 Å². The number of likely N-dealkylation sites (tertiary alicyclic amines) is 1. The van der Waals surface area contributed by atoms with E-state index in [4.69, 9.17) is 0 Å². The van der Waals surface area contributed by atoms with Crippen molar-refractivity contribution in [3.05, 3.63) is 48.4 Å². The molecule has 1 aliphatic heterocycles. The van der Waals surface area contributed by atoms with Gasteiger partial charge in [-0.2, -0.15) is 0 Å². The van der Waals surface area contributed by atoms with Crippen molar-refractivity contribution in [2.45, 2.75) is 12.6 Å². The Hall–Kier alpha value is -1.78. The highest BCUT2D eigenvalue weighted by Gasteiger charge is 2.27. The number of nitrogens with zero attached hydrogens (tertiary/aromatic N) is 4. The number of rotatable bonds is 4. The summed E-state index contributed by atoms with van der Waals surface area (Å²) in [6, 6.07) is 11.3. The van der Waals surface area contributed by atoms with E-state index in [9.17, 15) is 0 Å². The number of likely N-dealkylation sites (N-methyl/N-ethyl adjacent to an activating group) is 1. The molecule has 4 heteroatoms. The molecule has 0 N–H and O–H groups in total. The van der Waals surface area contributed by atoms with Crippen LogP contribution in [-0.2, 0) is 6.54 Å². The standard InChI is InChI=1S/C16H20N4/c1-19(2)15-10-20(11-15)9-13-3-5-14(6-4-13)16-7-8-17-12-18-16/h3-8,12,15H,9-11H2,1-2H3. The maximum Gasteiger partial charge on any atom is 0.116 e. The first-order valence-corrected chi connectivity index (χ1v) is 6.96. The molecule has 0 saturated carbocycles. The van der Waals surface area contributed by atoms with Crippen molar-refractivity contribution in [2.75, 3.05) is 27.2 Å². The summed E-state index contributed by atoms with van der Waals surface area (Å²) in [5.41, 5.74) is 3.48. The second-order valence-electron chi connectivity index (χ2n) is 5.60. The van der Waals surface area contributed by atoms with Gasteiger partial charge in [0.2, 0.25) is 0 Å². The lowest BCUT2D eigenvalue weighted by atomic mass is 10.0. The van der Waals surface area contributed by atoms with Crippen LogP contribution in [-0.4, -0.2) is 53.0 Å². The molecule has 1 aromatic heterocycles. The molecule has 0 unspecified atom stereocenters. The normalized spacial score (nSPS) is 16.4. The van der Waals surface area contributed by atoms with Crippen LogP contribution in [0.25, 0.3) is 11.3 Å². The Morgan fingerprint density at radius 1 is 1.15 bits per heavy atom. The molecular weight excluding hydrogens is 248 g/mol. The second kappa shape index (κ2) is 5.69. The van der Waals surface area contributed by atoms with Crippen LogP contribution in [0, 0.1) is 0 Å². The van der Waals surface area contributed by atoms with Crippen molar-refractivity contribution < 1.29 is 0 Å². The van der Waals surface area contributed by atoms with Gasteiger partial charge in [0.15, 0.2) is 0 Å². The number of hydrogen-bond donors (Lipinski definition) is 0. The third-order valence-electron chi connectivity index (χ3n) is 3.91. The van der Waals surface area contributed by atoms with Crippen molar-refractivity contribution in [1.82, 2.24) is 19.8 Å². The van der Waals surface area contributed by atoms with Gasteiger partial charge < -0.3 is 4.90 Å². The fraction of sp³-hybridized carbons (Fsp3) is 0.375. The predicted molar refractivity (Wildman–Crippen MR) is 80.2 cm³/mol. The Bertz CT molecular complexity index is 544. The van der Waals surface area contributed by atoms with Crippen LogP contribution >= 0.6 is 0 Å². The molecule has 0 radical (unpaired) electrons. The molecule has 0 atom stereocenters. The van der Waals surface area contributed by atoms with E-state index in [-0.39, 0.29) is 0 Å². The van der Waals surface area contributed by atoms with Crippen molar-refractivity contribution >= 4 is 0 Å². The van der Waals surface area contributed by atoms with Crippen molar-refractivity contribution in [1.29, 1.82) is 0 Å². The fourth-order valence-corrected chi connectivity index (χ4v) is 2.50. The Balaban J connectivity index is 1.60. The maximum atomic E-state index is 4.27. The minimum atomic E-state index is 0.718. The predicted octanol–water partition coefficient (Wildman–Crippen LogP) is 1.89. The molecule has 3 rings (SSSR count). The molecule has 104 valence electrons. The summed E-state index contributed by atoms with van der Waals surface area (Å²) in [4.78, 5) is 13.0. The summed E-state index contributed by atoms with van der Waals surface area (Å²) in [5.74, 6) is 0. The van der Waals surface area contributed by atoms with E-state index in [2.05, 4.69) is 58.1 Å². The average molecular weight is 268 g/mol. The van der Waals surface area contributed by atoms with Crippen LogP contribution in [0.1, 0.15) is 5.56 Å². The van der Waals surface area contributed by atoms with Crippen LogP contribution in [0.15, 0.2) is 42.9 Å². The van der Waals surface area contributed by atoms with E-state index in [1.54, 1.807) is 12.5 Å². The van der Waals surface area contributed by atoms with Gasteiger partial charge in [0.05, 0.1) is 5.69 Å². The lowest BCUT2D eigenvalue weighted by Gasteiger charge is -2.42. The molecule has 2 heterocycles. The zero-order valence-corrected chi connectivity index (χ0v) is 12.0. The topological polar surface area (TPSA) is 32.3 Å². The average Bonchev–Trinajstić information content (AvgIpc) is 2.43. The Morgan fingerprint density at radius 2 is 1.90 bits per heavy atom. The van der Waals surface area contributed by atoms with Crippen molar-refractivity contribution in [3.63, 3.8) is 0 Å². The van der Waals surface area contributed by atoms with Gasteiger partial charge >= 0.3 is 0 Å². The minimum absolute atomic E-state index is 0.718. The molecular formula is C16H20N4. The molecule has 1 aliphatic rings. The third kappa shape index (κ3) is 2.86. The molecule has 0 spiro atoms. The number of aromatic nitrogens is 2. The van der Waals surface area contributed by atoms with Crippen LogP contribution < -0.4 is 0 Å². The second-order valence-corrected chi connectivity index (χ2v) is 5.60. The van der Waals surface area contributed by atoms with Crippen LogP contribution in [0.4, 0.5) is 0 Å². The van der Waals surface area contributed by atoms with Gasteiger partial charge in [-0.15, -0.1) is 0 Å². The lowest BCUT2D eigenvalue weighted by Crippen LogP contribution is -2.56. The summed E-state index contributed by atoms with van der Waals surface area (Å²) in [7, 11) is 4.30. The van der Waals surface area contributed by atoms with Gasteiger partial charge in [-0.25, -0.2) is 9.97 Å².